The van der Waals surface area contributed by atoms with Crippen LogP contribution in [0.1, 0.15) is 32.2 Å². The van der Waals surface area contributed by atoms with Gasteiger partial charge in [0.1, 0.15) is 7.05 Å². The van der Waals surface area contributed by atoms with Gasteiger partial charge in [-0.3, -0.25) is 0 Å². The molecule has 2 nitrogen and oxygen atoms in total. The molecule has 4 aromatic rings. The highest BCUT2D eigenvalue weighted by Crippen LogP contribution is 2.34. The monoisotopic (exact) mass is 396 g/mol. The molecule has 0 fully saturated rings. The first-order valence-electron chi connectivity index (χ1n) is 11.0. The first kappa shape index (κ1) is 18.9. The zero-order valence-corrected chi connectivity index (χ0v) is 18.8. The molecular formula is C28H31N2+. The van der Waals surface area contributed by atoms with Gasteiger partial charge in [0, 0.05) is 38.3 Å². The summed E-state index contributed by atoms with van der Waals surface area (Å²) >= 11 is 0. The first-order valence-corrected chi connectivity index (χ1v) is 10.5. The summed E-state index contributed by atoms with van der Waals surface area (Å²) in [5.41, 5.74) is 8.11. The van der Waals surface area contributed by atoms with Crippen molar-refractivity contribution in [1.82, 2.24) is 0 Å². The summed E-state index contributed by atoms with van der Waals surface area (Å²) in [6.07, 6.45) is 2.13. The second kappa shape index (κ2) is 7.95. The minimum absolute atomic E-state index is 0.707. The number of aryl methyl sites for hydroxylation is 2. The molecule has 0 amide bonds. The van der Waals surface area contributed by atoms with Gasteiger partial charge in [-0.1, -0.05) is 50.2 Å². The zero-order chi connectivity index (χ0) is 22.3. The quantitative estimate of drug-likeness (QED) is 0.357. The molecule has 0 bridgehead atoms. The number of hydrogen-bond donors (Lipinski definition) is 0. The van der Waals surface area contributed by atoms with Crippen molar-refractivity contribution in [1.29, 1.82) is 0 Å². The molecule has 0 radical (unpaired) electrons. The summed E-state index contributed by atoms with van der Waals surface area (Å²) in [5.74, 6) is -0.707. The molecule has 0 aliphatic heterocycles. The van der Waals surface area contributed by atoms with Gasteiger partial charge in [0.05, 0.1) is 0 Å². The van der Waals surface area contributed by atoms with Crippen molar-refractivity contribution < 1.29 is 5.94 Å². The third-order valence-electron chi connectivity index (χ3n) is 5.88. The van der Waals surface area contributed by atoms with E-state index in [0.717, 1.165) is 22.4 Å². The van der Waals surface area contributed by atoms with Gasteiger partial charge in [-0.2, -0.15) is 0 Å². The lowest BCUT2D eigenvalue weighted by Gasteiger charge is -2.16. The molecule has 0 spiro atoms. The van der Waals surface area contributed by atoms with Gasteiger partial charge in [-0.25, -0.2) is 4.57 Å². The summed E-state index contributed by atoms with van der Waals surface area (Å²) in [6.45, 7) is 6.07. The lowest BCUT2D eigenvalue weighted by molar-refractivity contribution is -0.660. The number of pyridine rings is 1. The minimum atomic E-state index is -0.707. The molecule has 0 unspecified atom stereocenters. The number of aromatic nitrogens is 1. The number of rotatable bonds is 4. The van der Waals surface area contributed by atoms with Gasteiger partial charge in [0.15, 0.2) is 6.20 Å². The van der Waals surface area contributed by atoms with E-state index in [1.807, 2.05) is 13.8 Å². The van der Waals surface area contributed by atoms with E-state index in [-0.39, 0.29) is 0 Å². The van der Waals surface area contributed by atoms with Crippen molar-refractivity contribution in [2.45, 2.75) is 26.7 Å². The van der Waals surface area contributed by atoms with Crippen LogP contribution in [0, 0.1) is 6.92 Å². The zero-order valence-electron chi connectivity index (χ0n) is 19.8. The van der Waals surface area contributed by atoms with Gasteiger partial charge in [-0.15, -0.1) is 0 Å². The molecule has 0 aliphatic rings. The van der Waals surface area contributed by atoms with E-state index in [9.17, 15) is 0 Å². The van der Waals surface area contributed by atoms with Gasteiger partial charge in [0.25, 0.3) is 0 Å². The summed E-state index contributed by atoms with van der Waals surface area (Å²) in [6, 6.07) is 23.9. The third kappa shape index (κ3) is 3.70. The number of anilines is 1. The lowest BCUT2D eigenvalue weighted by atomic mass is 9.91. The Morgan fingerprint density at radius 1 is 0.867 bits per heavy atom. The Hall–Kier alpha value is -3.13. The summed E-state index contributed by atoms with van der Waals surface area (Å²) in [7, 11) is 6.20. The molecule has 0 saturated carbocycles. The van der Waals surface area contributed by atoms with Crippen LogP contribution >= 0.6 is 0 Å². The molecule has 1 aromatic heterocycles. The molecule has 30 heavy (non-hydrogen) atoms. The molecular weight excluding hydrogens is 364 g/mol. The summed E-state index contributed by atoms with van der Waals surface area (Å²) in [5, 5.41) is 2.43. The highest BCUT2D eigenvalue weighted by molar-refractivity contribution is 5.90. The van der Waals surface area contributed by atoms with Crippen LogP contribution in [-0.2, 0) is 7.05 Å². The van der Waals surface area contributed by atoms with Crippen LogP contribution < -0.4 is 9.47 Å². The molecule has 4 rings (SSSR count). The van der Waals surface area contributed by atoms with Crippen molar-refractivity contribution >= 4 is 16.5 Å². The van der Waals surface area contributed by atoms with Crippen molar-refractivity contribution in [3.05, 3.63) is 84.1 Å². The van der Waals surface area contributed by atoms with Crippen LogP contribution in [0.2, 0.25) is 0 Å². The number of fused-ring (bicyclic) bond motifs is 1. The summed E-state index contributed by atoms with van der Waals surface area (Å²) < 4.78 is 11.0. The smallest absolute Gasteiger partial charge is 0.213 e. The highest BCUT2D eigenvalue weighted by atomic mass is 15.1. The van der Waals surface area contributed by atoms with E-state index in [1.165, 1.54) is 27.6 Å². The largest absolute Gasteiger partial charge is 0.378 e. The minimum Gasteiger partial charge on any atom is -0.378 e. The molecule has 0 N–H and O–H groups in total. The number of hydrogen-bond acceptors (Lipinski definition) is 1. The van der Waals surface area contributed by atoms with Crippen LogP contribution in [0.4, 0.5) is 5.69 Å². The van der Waals surface area contributed by atoms with Crippen LogP contribution in [0.3, 0.4) is 0 Å². The maximum atomic E-state index is 8.80. The van der Waals surface area contributed by atoms with Gasteiger partial charge in [-0.05, 0) is 64.5 Å². The SMILES string of the molecule is [2H]C(C)(C)c1c[n+](C)c(-c2ccccc2C)cc1-c1ccc2cc(N(C)C)ccc2c1. The molecule has 0 atom stereocenters. The Morgan fingerprint density at radius 2 is 1.57 bits per heavy atom. The van der Waals surface area contributed by atoms with E-state index in [0.29, 0.717) is 0 Å². The molecule has 152 valence electrons. The molecule has 0 aliphatic carbocycles. The average molecular weight is 397 g/mol. The third-order valence-corrected chi connectivity index (χ3v) is 5.88. The van der Waals surface area contributed by atoms with E-state index >= 15 is 0 Å². The lowest BCUT2D eigenvalue weighted by Crippen LogP contribution is -2.32. The van der Waals surface area contributed by atoms with Crippen molar-refractivity contribution in [3.8, 4) is 22.4 Å². The fourth-order valence-electron chi connectivity index (χ4n) is 4.09. The fourth-order valence-corrected chi connectivity index (χ4v) is 4.09. The van der Waals surface area contributed by atoms with Gasteiger partial charge in [0.2, 0.25) is 5.69 Å². The second-order valence-electron chi connectivity index (χ2n) is 8.55. The van der Waals surface area contributed by atoms with E-state index in [1.54, 1.807) is 0 Å². The molecule has 0 saturated heterocycles. The maximum absolute atomic E-state index is 8.80. The van der Waals surface area contributed by atoms with Crippen LogP contribution in [0.15, 0.2) is 72.9 Å². The Labute approximate surface area is 181 Å². The van der Waals surface area contributed by atoms with Crippen molar-refractivity contribution in [2.75, 3.05) is 19.0 Å². The van der Waals surface area contributed by atoms with Crippen LogP contribution in [0.5, 0.6) is 0 Å². The maximum Gasteiger partial charge on any atom is 0.213 e. The standard InChI is InChI=1S/C28H31N2/c1-19(2)27-18-30(6)28(25-10-8-7-9-20(25)3)17-26(27)23-12-11-22-16-24(29(4)5)14-13-21(22)15-23/h7-19H,1-6H3/q+1/i19D. The molecule has 3 aromatic carbocycles. The van der Waals surface area contributed by atoms with Crippen LogP contribution in [-0.4, -0.2) is 14.1 Å². The second-order valence-corrected chi connectivity index (χ2v) is 8.55. The van der Waals surface area contributed by atoms with Crippen molar-refractivity contribution in [2.24, 2.45) is 7.05 Å². The van der Waals surface area contributed by atoms with Gasteiger partial charge >= 0.3 is 0 Å². The highest BCUT2D eigenvalue weighted by Gasteiger charge is 2.20. The van der Waals surface area contributed by atoms with Crippen LogP contribution in [0.25, 0.3) is 33.2 Å². The number of benzene rings is 3. The normalized spacial score (nSPS) is 12.1. The Bertz CT molecular complexity index is 1270. The van der Waals surface area contributed by atoms with Crippen molar-refractivity contribution in [3.63, 3.8) is 0 Å². The topological polar surface area (TPSA) is 7.12 Å². The van der Waals surface area contributed by atoms with E-state index in [4.69, 9.17) is 1.37 Å². The van der Waals surface area contributed by atoms with E-state index < -0.39 is 5.89 Å². The summed E-state index contributed by atoms with van der Waals surface area (Å²) in [4.78, 5) is 2.12. The Morgan fingerprint density at radius 3 is 2.27 bits per heavy atom. The average Bonchev–Trinajstić information content (AvgIpc) is 2.72. The number of nitrogens with zero attached hydrogens (tertiary/aromatic N) is 2. The Kier molecular flexibility index (Phi) is 5.00. The fraction of sp³-hybridized carbons (Fsp3) is 0.250. The first-order chi connectivity index (χ1) is 14.6. The molecule has 1 heterocycles. The predicted octanol–water partition coefficient (Wildman–Crippen LogP) is 6.50. The van der Waals surface area contributed by atoms with Gasteiger partial charge < -0.3 is 4.90 Å². The molecule has 2 heteroatoms. The van der Waals surface area contributed by atoms with E-state index in [2.05, 4.69) is 110 Å². The predicted molar refractivity (Wildman–Crippen MR) is 129 cm³/mol. The Balaban J connectivity index is 1.95.